The van der Waals surface area contributed by atoms with Gasteiger partial charge in [-0.05, 0) is 48.9 Å². The first-order valence-electron chi connectivity index (χ1n) is 8.06. The Hall–Kier alpha value is -1.61. The highest BCUT2D eigenvalue weighted by molar-refractivity contribution is 5.41. The Bertz CT molecular complexity index is 588. The van der Waals surface area contributed by atoms with E-state index in [9.17, 15) is 0 Å². The summed E-state index contributed by atoms with van der Waals surface area (Å²) in [5.41, 5.74) is 4.43. The number of rotatable bonds is 7. The molecule has 1 aliphatic rings. The maximum atomic E-state index is 4.27. The lowest BCUT2D eigenvalue weighted by Crippen LogP contribution is -2.40. The quantitative estimate of drug-likeness (QED) is 0.846. The Morgan fingerprint density at radius 2 is 2.24 bits per heavy atom. The first-order chi connectivity index (χ1) is 10.3. The standard InChI is InChI=1S/C18H25N3/c1-3-10-19-18(9-8-14-12-20-21(2)13-14)17-11-15-6-4-5-7-16(15)17/h4-7,12-13,17-19H,3,8-11H2,1-2H3. The van der Waals surface area contributed by atoms with Crippen molar-refractivity contribution < 1.29 is 0 Å². The normalized spacial score (nSPS) is 18.1. The summed E-state index contributed by atoms with van der Waals surface area (Å²) < 4.78 is 1.89. The van der Waals surface area contributed by atoms with Crippen LogP contribution in [0.5, 0.6) is 0 Å². The van der Waals surface area contributed by atoms with Gasteiger partial charge in [-0.3, -0.25) is 4.68 Å². The molecule has 0 saturated heterocycles. The van der Waals surface area contributed by atoms with Gasteiger partial charge in [0.15, 0.2) is 0 Å². The van der Waals surface area contributed by atoms with Gasteiger partial charge < -0.3 is 5.32 Å². The topological polar surface area (TPSA) is 29.9 Å². The summed E-state index contributed by atoms with van der Waals surface area (Å²) in [4.78, 5) is 0. The van der Waals surface area contributed by atoms with Gasteiger partial charge in [-0.25, -0.2) is 0 Å². The van der Waals surface area contributed by atoms with Crippen LogP contribution < -0.4 is 5.32 Å². The van der Waals surface area contributed by atoms with Crippen LogP contribution in [0.2, 0.25) is 0 Å². The third kappa shape index (κ3) is 3.18. The zero-order valence-electron chi connectivity index (χ0n) is 13.0. The zero-order valence-corrected chi connectivity index (χ0v) is 13.0. The average Bonchev–Trinajstić information content (AvgIpc) is 2.88. The molecule has 1 N–H and O–H groups in total. The number of hydrogen-bond acceptors (Lipinski definition) is 2. The molecule has 2 atom stereocenters. The maximum absolute atomic E-state index is 4.27. The Kier molecular flexibility index (Phi) is 4.39. The largest absolute Gasteiger partial charge is 0.313 e. The molecule has 2 aromatic rings. The molecule has 1 aliphatic carbocycles. The minimum atomic E-state index is 0.583. The third-order valence-corrected chi connectivity index (χ3v) is 4.54. The Labute approximate surface area is 127 Å². The number of nitrogens with one attached hydrogen (secondary N) is 1. The van der Waals surface area contributed by atoms with Crippen molar-refractivity contribution in [2.75, 3.05) is 6.54 Å². The van der Waals surface area contributed by atoms with Crippen LogP contribution >= 0.6 is 0 Å². The molecular weight excluding hydrogens is 258 g/mol. The molecule has 1 aromatic heterocycles. The first-order valence-corrected chi connectivity index (χ1v) is 8.06. The SMILES string of the molecule is CCCNC(CCc1cnn(C)c1)C1Cc2ccccc21. The summed E-state index contributed by atoms with van der Waals surface area (Å²) in [5, 5.41) is 8.03. The number of aromatic nitrogens is 2. The van der Waals surface area contributed by atoms with E-state index in [1.165, 1.54) is 30.4 Å². The summed E-state index contributed by atoms with van der Waals surface area (Å²) in [7, 11) is 1.98. The minimum Gasteiger partial charge on any atom is -0.313 e. The fraction of sp³-hybridized carbons (Fsp3) is 0.500. The molecule has 0 fully saturated rings. The predicted molar refractivity (Wildman–Crippen MR) is 86.5 cm³/mol. The highest BCUT2D eigenvalue weighted by atomic mass is 15.2. The first kappa shape index (κ1) is 14.3. The van der Waals surface area contributed by atoms with Gasteiger partial charge in [-0.15, -0.1) is 0 Å². The van der Waals surface area contributed by atoms with E-state index in [1.54, 1.807) is 5.56 Å². The number of hydrogen-bond donors (Lipinski definition) is 1. The van der Waals surface area contributed by atoms with Gasteiger partial charge in [-0.1, -0.05) is 31.2 Å². The van der Waals surface area contributed by atoms with Crippen molar-refractivity contribution >= 4 is 0 Å². The second-order valence-electron chi connectivity index (χ2n) is 6.13. The molecule has 1 aromatic carbocycles. The summed E-state index contributed by atoms with van der Waals surface area (Å²) in [6.45, 7) is 3.34. The van der Waals surface area contributed by atoms with Gasteiger partial charge in [0.1, 0.15) is 0 Å². The predicted octanol–water partition coefficient (Wildman–Crippen LogP) is 3.06. The van der Waals surface area contributed by atoms with Crippen LogP contribution in [0.4, 0.5) is 0 Å². The molecule has 1 heterocycles. The highest BCUT2D eigenvalue weighted by Gasteiger charge is 2.31. The zero-order chi connectivity index (χ0) is 14.7. The van der Waals surface area contributed by atoms with Crippen molar-refractivity contribution in [2.24, 2.45) is 7.05 Å². The van der Waals surface area contributed by atoms with E-state index >= 15 is 0 Å². The molecule has 0 radical (unpaired) electrons. The van der Waals surface area contributed by atoms with Crippen LogP contribution in [-0.2, 0) is 19.9 Å². The monoisotopic (exact) mass is 283 g/mol. The second-order valence-corrected chi connectivity index (χ2v) is 6.13. The van der Waals surface area contributed by atoms with Crippen LogP contribution in [0.15, 0.2) is 36.7 Å². The van der Waals surface area contributed by atoms with Crippen molar-refractivity contribution in [3.05, 3.63) is 53.3 Å². The van der Waals surface area contributed by atoms with Crippen molar-refractivity contribution in [2.45, 2.75) is 44.6 Å². The number of aryl methyl sites for hydroxylation is 2. The molecule has 0 bridgehead atoms. The van der Waals surface area contributed by atoms with Crippen molar-refractivity contribution in [1.82, 2.24) is 15.1 Å². The van der Waals surface area contributed by atoms with Gasteiger partial charge in [0, 0.05) is 25.2 Å². The molecule has 3 heteroatoms. The van der Waals surface area contributed by atoms with E-state index in [0.29, 0.717) is 12.0 Å². The summed E-state index contributed by atoms with van der Waals surface area (Å²) in [6.07, 6.45) is 8.83. The molecule has 0 amide bonds. The molecule has 3 rings (SSSR count). The Morgan fingerprint density at radius 3 is 2.95 bits per heavy atom. The van der Waals surface area contributed by atoms with E-state index in [0.717, 1.165) is 13.0 Å². The molecule has 2 unspecified atom stereocenters. The van der Waals surface area contributed by atoms with Crippen LogP contribution in [0, 0.1) is 0 Å². The van der Waals surface area contributed by atoms with E-state index in [-0.39, 0.29) is 0 Å². The maximum Gasteiger partial charge on any atom is 0.0521 e. The number of fused-ring (bicyclic) bond motifs is 1. The van der Waals surface area contributed by atoms with Crippen molar-refractivity contribution in [1.29, 1.82) is 0 Å². The van der Waals surface area contributed by atoms with E-state index in [1.807, 2.05) is 17.9 Å². The number of benzene rings is 1. The molecule has 0 spiro atoms. The van der Waals surface area contributed by atoms with Gasteiger partial charge in [0.25, 0.3) is 0 Å². The van der Waals surface area contributed by atoms with E-state index < -0.39 is 0 Å². The van der Waals surface area contributed by atoms with Crippen LogP contribution in [0.25, 0.3) is 0 Å². The fourth-order valence-electron chi connectivity index (χ4n) is 3.35. The van der Waals surface area contributed by atoms with E-state index in [2.05, 4.69) is 47.8 Å². The third-order valence-electron chi connectivity index (χ3n) is 4.54. The van der Waals surface area contributed by atoms with Gasteiger partial charge in [0.2, 0.25) is 0 Å². The lowest BCUT2D eigenvalue weighted by atomic mass is 9.72. The smallest absolute Gasteiger partial charge is 0.0521 e. The highest BCUT2D eigenvalue weighted by Crippen LogP contribution is 2.38. The Morgan fingerprint density at radius 1 is 1.38 bits per heavy atom. The van der Waals surface area contributed by atoms with Crippen LogP contribution in [0.3, 0.4) is 0 Å². The number of nitrogens with zero attached hydrogens (tertiary/aromatic N) is 2. The molecular formula is C18H25N3. The molecule has 0 saturated carbocycles. The second kappa shape index (κ2) is 6.44. The van der Waals surface area contributed by atoms with Crippen molar-refractivity contribution in [3.63, 3.8) is 0 Å². The lowest BCUT2D eigenvalue weighted by Gasteiger charge is -2.37. The summed E-state index contributed by atoms with van der Waals surface area (Å²) in [5.74, 6) is 0.685. The summed E-state index contributed by atoms with van der Waals surface area (Å²) >= 11 is 0. The molecule has 0 aliphatic heterocycles. The van der Waals surface area contributed by atoms with Gasteiger partial charge in [-0.2, -0.15) is 5.10 Å². The van der Waals surface area contributed by atoms with Gasteiger partial charge >= 0.3 is 0 Å². The molecule has 3 nitrogen and oxygen atoms in total. The van der Waals surface area contributed by atoms with E-state index in [4.69, 9.17) is 0 Å². The molecule has 112 valence electrons. The lowest BCUT2D eigenvalue weighted by molar-refractivity contribution is 0.379. The summed E-state index contributed by atoms with van der Waals surface area (Å²) in [6, 6.07) is 9.47. The van der Waals surface area contributed by atoms with Crippen molar-refractivity contribution in [3.8, 4) is 0 Å². The fourth-order valence-corrected chi connectivity index (χ4v) is 3.35. The molecule has 21 heavy (non-hydrogen) atoms. The van der Waals surface area contributed by atoms with Crippen LogP contribution in [-0.4, -0.2) is 22.4 Å². The Balaban J connectivity index is 1.64. The van der Waals surface area contributed by atoms with Crippen LogP contribution in [0.1, 0.15) is 42.4 Å². The minimum absolute atomic E-state index is 0.583. The van der Waals surface area contributed by atoms with Gasteiger partial charge in [0.05, 0.1) is 6.20 Å². The average molecular weight is 283 g/mol.